The van der Waals surface area contributed by atoms with Crippen LogP contribution in [0, 0.1) is 41.3 Å². The van der Waals surface area contributed by atoms with Crippen LogP contribution in [0.4, 0.5) is 13.2 Å². The van der Waals surface area contributed by atoms with Gasteiger partial charge >= 0.3 is 38.5 Å². The van der Waals surface area contributed by atoms with Crippen molar-refractivity contribution in [1.82, 2.24) is 24.3 Å². The number of aliphatic hydroxyl groups is 2. The molecule has 0 spiro atoms. The maximum atomic E-state index is 16.2. The first kappa shape index (κ1) is 55.2. The Morgan fingerprint density at radius 1 is 0.740 bits per heavy atom. The molecule has 2 aromatic carbocycles. The summed E-state index contributed by atoms with van der Waals surface area (Å²) in [6.45, 7) is 4.97. The molecule has 0 amide bonds. The van der Waals surface area contributed by atoms with Crippen LogP contribution >= 0.6 is 15.2 Å². The average molecular weight is 1130 g/mol. The minimum absolute atomic E-state index is 0.0116. The van der Waals surface area contributed by atoms with Crippen molar-refractivity contribution in [2.24, 2.45) is 11.8 Å². The van der Waals surface area contributed by atoms with Crippen molar-refractivity contribution in [2.45, 2.75) is 116 Å². The van der Waals surface area contributed by atoms with Crippen molar-refractivity contribution in [3.63, 3.8) is 0 Å². The van der Waals surface area contributed by atoms with Crippen molar-refractivity contribution in [1.29, 1.82) is 0 Å². The second-order valence-corrected chi connectivity index (χ2v) is 21.5. The van der Waals surface area contributed by atoms with Gasteiger partial charge in [-0.05, 0) is 65.8 Å². The van der Waals surface area contributed by atoms with Gasteiger partial charge in [-0.3, -0.25) is 42.8 Å². The molecule has 2 unspecified atom stereocenters. The Hall–Kier alpha value is -6.60. The Balaban J connectivity index is 0.000000297. The molecule has 2 saturated heterocycles. The molecule has 0 radical (unpaired) electrons. The summed E-state index contributed by atoms with van der Waals surface area (Å²) in [5.74, 6) is 3.24. The molecule has 6 rings (SSSR count). The Morgan fingerprint density at radius 3 is 1.58 bits per heavy atom. The van der Waals surface area contributed by atoms with Crippen LogP contribution in [0.3, 0.4) is 0 Å². The molecular weight excluding hydrogens is 1070 g/mol. The van der Waals surface area contributed by atoms with Crippen LogP contribution in [0.1, 0.15) is 73.3 Å². The lowest BCUT2D eigenvalue weighted by Crippen LogP contribution is -2.46. The summed E-state index contributed by atoms with van der Waals surface area (Å²) < 4.78 is 151. The van der Waals surface area contributed by atoms with E-state index in [2.05, 4.69) is 22.9 Å². The number of carbonyl (C=O) groups is 2. The largest absolute Gasteiger partial charge is 0.463 e. The zero-order chi connectivity index (χ0) is 60.6. The maximum absolute atomic E-state index is 16.2. The first-order valence-corrected chi connectivity index (χ1v) is 26.7. The molecule has 418 valence electrons. The molecule has 77 heavy (non-hydrogen) atoms. The van der Waals surface area contributed by atoms with Crippen molar-refractivity contribution in [3.8, 4) is 35.2 Å². The number of hydrogen-bond acceptors (Lipinski definition) is 19. The molecule has 28 heteroatoms. The molecule has 23 nitrogen and oxygen atoms in total. The van der Waals surface area contributed by atoms with Gasteiger partial charge in [0, 0.05) is 0 Å². The van der Waals surface area contributed by atoms with Crippen LogP contribution in [0.5, 0.6) is 11.5 Å². The SMILES string of the molecule is [2H]C([2H])(O[P@@](=O)(C[C@@H](C)C(=O)OC(C)C)Oc1ccccc1)[C@H]1O[C@@H](n2cc(F)c(=O)[nH]c2=O)C(F)(C#CC)[C@H]1O.[2H]C([2H])(O[P@@](=O)(C[C@@H](C)C(=O)OC(C)C)Oc1ccccc1)[C@H]1O[C@@H](n2ncc(=O)[nH]c2=O)C(F)(C#CC)[C@H]1O. The summed E-state index contributed by atoms with van der Waals surface area (Å²) >= 11 is 0. The zero-order valence-corrected chi connectivity index (χ0v) is 44.2. The molecule has 0 aliphatic carbocycles. The van der Waals surface area contributed by atoms with E-state index in [1.54, 1.807) is 56.9 Å². The number of esters is 2. The number of aromatic amines is 2. The lowest BCUT2D eigenvalue weighted by atomic mass is 9.96. The highest BCUT2D eigenvalue weighted by Gasteiger charge is 2.60. The fourth-order valence-electron chi connectivity index (χ4n) is 7.12. The summed E-state index contributed by atoms with van der Waals surface area (Å²) in [6.07, 6.45) is -15.3. The number of aliphatic hydroxyl groups excluding tert-OH is 2. The lowest BCUT2D eigenvalue weighted by Gasteiger charge is -2.25. The van der Waals surface area contributed by atoms with E-state index in [0.29, 0.717) is 17.1 Å². The van der Waals surface area contributed by atoms with Crippen molar-refractivity contribution < 1.29 is 84.6 Å². The number of H-pyrrole nitrogens is 2. The second-order valence-electron chi connectivity index (χ2n) is 17.6. The number of carbonyl (C=O) groups excluding carboxylic acids is 2. The van der Waals surface area contributed by atoms with Gasteiger partial charge in [0.2, 0.25) is 23.4 Å². The molecule has 0 saturated carbocycles. The number of rotatable bonds is 20. The Morgan fingerprint density at radius 2 is 1.17 bits per heavy atom. The van der Waals surface area contributed by atoms with Gasteiger partial charge in [0.1, 0.15) is 42.1 Å². The molecule has 2 aliphatic rings. The molecule has 4 heterocycles. The normalized spacial score (nSPS) is 26.2. The number of ether oxygens (including phenoxy) is 4. The van der Waals surface area contributed by atoms with E-state index in [1.807, 2.05) is 10.9 Å². The molecule has 0 bridgehead atoms. The number of hydrogen-bond donors (Lipinski definition) is 4. The molecule has 2 aliphatic heterocycles. The van der Waals surface area contributed by atoms with Crippen LogP contribution in [0.25, 0.3) is 0 Å². The number of aromatic nitrogens is 5. The standard InChI is InChI=1S/C25H29F2N2O9P.C24H29FN3O9P/c1-5-11-25(27)20(30)19(37-23(25)29-12-18(26)21(31)28-24(29)33)13-35-39(34,38-17-9-7-6-8-10-17)14-16(4)22(32)36-15(2)3;1-5-11-24(25)20(30)18(36-22(24)28-23(32)27-19(29)12-26-28)13-34-38(33,37-17-9-7-6-8-10-17)14-16(4)21(31)35-15(2)3/h6-10,12,15-16,19-20,23,30H,13-14H2,1-4H3,(H,28,31,33);6-10,12,15-16,18,20,22,30H,13-14H2,1-4H3,(H,27,29,32)/t16-,19-,20+,23-,25?,39+;16-,18-,20+,22-,24?,38+/m11/s1/i2*13D2. The fraction of sp³-hybridized carbons (Fsp3) is 0.490. The Labute approximate surface area is 444 Å². The highest BCUT2D eigenvalue weighted by atomic mass is 31.2. The molecule has 2 aromatic heterocycles. The van der Waals surface area contributed by atoms with Gasteiger partial charge < -0.3 is 38.2 Å². The summed E-state index contributed by atoms with van der Waals surface area (Å²) in [7, 11) is -9.29. The monoisotopic (exact) mass is 1130 g/mol. The van der Waals surface area contributed by atoms with E-state index in [4.69, 9.17) is 42.5 Å². The smallest absolute Gasteiger partial charge is 0.380 e. The van der Waals surface area contributed by atoms with E-state index < -0.39 is 153 Å². The van der Waals surface area contributed by atoms with Crippen LogP contribution in [-0.4, -0.2) is 120 Å². The first-order valence-electron chi connectivity index (χ1n) is 25.3. The van der Waals surface area contributed by atoms with E-state index in [9.17, 15) is 52.5 Å². The number of alkyl halides is 2. The predicted molar refractivity (Wildman–Crippen MR) is 267 cm³/mol. The van der Waals surface area contributed by atoms with Crippen molar-refractivity contribution >= 4 is 27.1 Å². The van der Waals surface area contributed by atoms with Crippen LogP contribution in [0.15, 0.2) is 92.2 Å². The fourth-order valence-corrected chi connectivity index (χ4v) is 10.5. The Kier molecular flexibility index (Phi) is 18.7. The second kappa shape index (κ2) is 26.2. The number of para-hydroxylation sites is 2. The topological polar surface area (TPSA) is 305 Å². The van der Waals surface area contributed by atoms with Crippen LogP contribution in [0.2, 0.25) is 0 Å². The summed E-state index contributed by atoms with van der Waals surface area (Å²) in [4.78, 5) is 75.9. The van der Waals surface area contributed by atoms with Gasteiger partial charge in [-0.2, -0.15) is 14.2 Å². The zero-order valence-electron chi connectivity index (χ0n) is 46.4. The van der Waals surface area contributed by atoms with E-state index >= 15 is 8.78 Å². The van der Waals surface area contributed by atoms with E-state index in [1.165, 1.54) is 64.1 Å². The molecule has 12 atom stereocenters. The molecule has 2 fully saturated rings. The number of benzene rings is 2. The van der Waals surface area contributed by atoms with Gasteiger partial charge in [-0.15, -0.1) is 11.8 Å². The Bertz CT molecular complexity index is 3370. The van der Waals surface area contributed by atoms with Gasteiger partial charge in [-0.1, -0.05) is 62.1 Å². The quantitative estimate of drug-likeness (QED) is 0.0543. The third kappa shape index (κ3) is 15.5. The summed E-state index contributed by atoms with van der Waals surface area (Å²) in [5.41, 5.74) is -11.2. The average Bonchev–Trinajstić information content (AvgIpc) is 4.06. The van der Waals surface area contributed by atoms with E-state index in [0.717, 1.165) is 0 Å². The van der Waals surface area contributed by atoms with E-state index in [-0.39, 0.29) is 16.1 Å². The first-order chi connectivity index (χ1) is 37.6. The van der Waals surface area contributed by atoms with Crippen LogP contribution in [-0.2, 0) is 46.7 Å². The van der Waals surface area contributed by atoms with Crippen molar-refractivity contribution in [3.05, 3.63) is 121 Å². The van der Waals surface area contributed by atoms with Gasteiger partial charge in [-0.25, -0.2) is 27.5 Å². The predicted octanol–water partition coefficient (Wildman–Crippen LogP) is 4.34. The van der Waals surface area contributed by atoms with Gasteiger partial charge in [0.15, 0.2) is 6.23 Å². The summed E-state index contributed by atoms with van der Waals surface area (Å²) in [6, 6.07) is 15.0. The van der Waals surface area contributed by atoms with Gasteiger partial charge in [0.05, 0.1) is 61.2 Å². The minimum Gasteiger partial charge on any atom is -0.463 e. The third-order valence-corrected chi connectivity index (χ3v) is 14.3. The maximum Gasteiger partial charge on any atom is 0.380 e. The highest BCUT2D eigenvalue weighted by Crippen LogP contribution is 2.53. The molecule has 4 aromatic rings. The summed E-state index contributed by atoms with van der Waals surface area (Å²) in [5, 5.41) is 25.3. The molecular formula is C49H58F3N5O18P2. The van der Waals surface area contributed by atoms with Crippen LogP contribution < -0.4 is 31.5 Å². The number of halogens is 3. The van der Waals surface area contributed by atoms with Crippen molar-refractivity contribution in [2.75, 3.05) is 25.4 Å². The number of nitrogens with one attached hydrogen (secondary N) is 2. The molecule has 4 N–H and O–H groups in total. The lowest BCUT2D eigenvalue weighted by molar-refractivity contribution is -0.152. The number of nitrogens with zero attached hydrogens (tertiary/aromatic N) is 3. The minimum atomic E-state index is -4.67. The highest BCUT2D eigenvalue weighted by molar-refractivity contribution is 7.54. The third-order valence-electron chi connectivity index (χ3n) is 10.6. The van der Waals surface area contributed by atoms with Gasteiger partial charge in [0.25, 0.3) is 11.1 Å².